The molecule has 0 atom stereocenters. The van der Waals surface area contributed by atoms with Crippen LogP contribution in [0.1, 0.15) is 12.2 Å². The Hall–Kier alpha value is -3.54. The number of nitriles is 1. The number of hydrogen-bond acceptors (Lipinski definition) is 6. The van der Waals surface area contributed by atoms with Crippen LogP contribution in [-0.4, -0.2) is 32.7 Å². The number of carbonyl (C=O) groups is 1. The van der Waals surface area contributed by atoms with Crippen LogP contribution in [0.2, 0.25) is 5.02 Å². The number of para-hydroxylation sites is 1. The van der Waals surface area contributed by atoms with Crippen LogP contribution < -0.4 is 5.56 Å². The van der Waals surface area contributed by atoms with E-state index in [4.69, 9.17) is 21.3 Å². The first-order chi connectivity index (χ1) is 16.1. The highest BCUT2D eigenvalue weighted by molar-refractivity contribution is 7.99. The van der Waals surface area contributed by atoms with E-state index in [2.05, 4.69) is 11.1 Å². The molecule has 2 aromatic carbocycles. The fraction of sp³-hybridized carbons (Fsp3) is 0.167. The first kappa shape index (κ1) is 22.6. The van der Waals surface area contributed by atoms with Gasteiger partial charge in [-0.15, -0.1) is 0 Å². The van der Waals surface area contributed by atoms with E-state index in [0.29, 0.717) is 32.5 Å². The van der Waals surface area contributed by atoms with Crippen LogP contribution in [0.15, 0.2) is 81.3 Å². The topological polar surface area (TPSA) is 92.1 Å². The molecular formula is C24H19ClN4O3S. The second-order valence-electron chi connectivity index (χ2n) is 7.12. The monoisotopic (exact) mass is 478 g/mol. The average Bonchev–Trinajstić information content (AvgIpc) is 3.33. The molecule has 0 spiro atoms. The quantitative estimate of drug-likeness (QED) is 0.270. The first-order valence-electron chi connectivity index (χ1n) is 10.1. The maximum Gasteiger partial charge on any atom is 0.266 e. The molecule has 33 heavy (non-hydrogen) atoms. The highest BCUT2D eigenvalue weighted by atomic mass is 35.5. The van der Waals surface area contributed by atoms with Crippen molar-refractivity contribution < 1.29 is 9.21 Å². The number of thioether (sulfide) groups is 1. The number of benzene rings is 2. The van der Waals surface area contributed by atoms with Crippen LogP contribution in [0.4, 0.5) is 0 Å². The van der Waals surface area contributed by atoms with Crippen LogP contribution in [0.25, 0.3) is 16.6 Å². The Bertz CT molecular complexity index is 1380. The van der Waals surface area contributed by atoms with Gasteiger partial charge in [-0.3, -0.25) is 14.2 Å². The molecule has 0 N–H and O–H groups in total. The lowest BCUT2D eigenvalue weighted by Gasteiger charge is -2.20. The predicted molar refractivity (Wildman–Crippen MR) is 127 cm³/mol. The van der Waals surface area contributed by atoms with E-state index < -0.39 is 0 Å². The second-order valence-corrected chi connectivity index (χ2v) is 8.50. The van der Waals surface area contributed by atoms with Gasteiger partial charge in [-0.05, 0) is 42.5 Å². The van der Waals surface area contributed by atoms with E-state index in [1.165, 1.54) is 4.57 Å². The Morgan fingerprint density at radius 3 is 2.79 bits per heavy atom. The molecule has 0 unspecified atom stereocenters. The van der Waals surface area contributed by atoms with Gasteiger partial charge in [0.2, 0.25) is 5.91 Å². The summed E-state index contributed by atoms with van der Waals surface area (Å²) in [5.41, 5.74) is 0.875. The number of halogens is 1. The standard InChI is InChI=1S/C24H19ClN4O3S/c25-17-6-3-7-18(14-17)29-23(31)20-9-1-2-10-21(20)27-24(29)33-16-22(30)28(12-5-11-26)15-19-8-4-13-32-19/h1-4,6-10,13-14H,5,12,15-16H2. The summed E-state index contributed by atoms with van der Waals surface area (Å²) in [5.74, 6) is 0.481. The van der Waals surface area contributed by atoms with E-state index >= 15 is 0 Å². The van der Waals surface area contributed by atoms with Gasteiger partial charge in [0.15, 0.2) is 5.16 Å². The van der Waals surface area contributed by atoms with Crippen LogP contribution in [0.3, 0.4) is 0 Å². The molecule has 2 heterocycles. The zero-order valence-corrected chi connectivity index (χ0v) is 19.1. The van der Waals surface area contributed by atoms with Gasteiger partial charge in [-0.2, -0.15) is 5.26 Å². The average molecular weight is 479 g/mol. The minimum Gasteiger partial charge on any atom is -0.467 e. The minimum absolute atomic E-state index is 0.0392. The summed E-state index contributed by atoms with van der Waals surface area (Å²) in [7, 11) is 0. The van der Waals surface area contributed by atoms with Crippen molar-refractivity contribution in [3.8, 4) is 11.8 Å². The molecule has 7 nitrogen and oxygen atoms in total. The summed E-state index contributed by atoms with van der Waals surface area (Å²) in [6.45, 7) is 0.545. The van der Waals surface area contributed by atoms with Crippen molar-refractivity contribution >= 4 is 40.2 Å². The summed E-state index contributed by atoms with van der Waals surface area (Å²) in [6.07, 6.45) is 1.75. The van der Waals surface area contributed by atoms with Gasteiger partial charge in [-0.25, -0.2) is 4.98 Å². The highest BCUT2D eigenvalue weighted by Crippen LogP contribution is 2.23. The van der Waals surface area contributed by atoms with Crippen molar-refractivity contribution in [1.29, 1.82) is 5.26 Å². The van der Waals surface area contributed by atoms with Gasteiger partial charge in [0.25, 0.3) is 5.56 Å². The summed E-state index contributed by atoms with van der Waals surface area (Å²) in [4.78, 5) is 32.6. The van der Waals surface area contributed by atoms with Gasteiger partial charge in [0, 0.05) is 11.6 Å². The van der Waals surface area contributed by atoms with E-state index in [9.17, 15) is 9.59 Å². The van der Waals surface area contributed by atoms with Crippen molar-refractivity contribution in [3.05, 3.63) is 88.1 Å². The maximum atomic E-state index is 13.3. The Kier molecular flexibility index (Phi) is 7.13. The maximum absolute atomic E-state index is 13.3. The zero-order valence-electron chi connectivity index (χ0n) is 17.5. The lowest BCUT2D eigenvalue weighted by atomic mass is 10.2. The van der Waals surface area contributed by atoms with Gasteiger partial charge in [-0.1, -0.05) is 41.6 Å². The lowest BCUT2D eigenvalue weighted by Crippen LogP contribution is -2.33. The smallest absolute Gasteiger partial charge is 0.266 e. The molecular weight excluding hydrogens is 460 g/mol. The molecule has 9 heteroatoms. The number of nitrogens with zero attached hydrogens (tertiary/aromatic N) is 4. The molecule has 0 saturated heterocycles. The molecule has 0 aliphatic carbocycles. The highest BCUT2D eigenvalue weighted by Gasteiger charge is 2.19. The summed E-state index contributed by atoms with van der Waals surface area (Å²) >= 11 is 7.33. The van der Waals surface area contributed by atoms with Gasteiger partial charge in [0.1, 0.15) is 5.76 Å². The first-order valence-corrected chi connectivity index (χ1v) is 11.5. The third kappa shape index (κ3) is 5.28. The van der Waals surface area contributed by atoms with Gasteiger partial charge < -0.3 is 9.32 Å². The number of carbonyl (C=O) groups excluding carboxylic acids is 1. The molecule has 4 aromatic rings. The summed E-state index contributed by atoms with van der Waals surface area (Å²) in [5, 5.41) is 10.3. The second kappa shape index (κ2) is 10.4. The minimum atomic E-state index is -0.241. The number of aromatic nitrogens is 2. The lowest BCUT2D eigenvalue weighted by molar-refractivity contribution is -0.129. The van der Waals surface area contributed by atoms with Gasteiger partial charge in [0.05, 0.1) is 47.6 Å². The molecule has 166 valence electrons. The normalized spacial score (nSPS) is 10.8. The van der Waals surface area contributed by atoms with Crippen molar-refractivity contribution in [3.63, 3.8) is 0 Å². The van der Waals surface area contributed by atoms with Crippen LogP contribution >= 0.6 is 23.4 Å². The zero-order chi connectivity index (χ0) is 23.2. The molecule has 1 amide bonds. The number of furan rings is 1. The SMILES string of the molecule is N#CCCN(Cc1ccco1)C(=O)CSc1nc2ccccc2c(=O)n1-c1cccc(Cl)c1. The predicted octanol–water partition coefficient (Wildman–Crippen LogP) is 4.67. The Balaban J connectivity index is 1.66. The number of fused-ring (bicyclic) bond motifs is 1. The molecule has 4 rings (SSSR count). The van der Waals surface area contributed by atoms with E-state index in [1.54, 1.807) is 65.8 Å². The van der Waals surface area contributed by atoms with Crippen molar-refractivity contribution in [2.45, 2.75) is 18.1 Å². The van der Waals surface area contributed by atoms with E-state index in [0.717, 1.165) is 11.8 Å². The van der Waals surface area contributed by atoms with E-state index in [-0.39, 0.29) is 36.7 Å². The Labute approximate surface area is 199 Å². The fourth-order valence-corrected chi connectivity index (χ4v) is 4.44. The summed E-state index contributed by atoms with van der Waals surface area (Å²) in [6, 6.07) is 19.6. The molecule has 2 aromatic heterocycles. The molecule has 0 aliphatic heterocycles. The van der Waals surface area contributed by atoms with Crippen molar-refractivity contribution in [2.75, 3.05) is 12.3 Å². The third-order valence-corrected chi connectivity index (χ3v) is 6.07. The molecule has 0 saturated carbocycles. The van der Waals surface area contributed by atoms with Crippen molar-refractivity contribution in [1.82, 2.24) is 14.5 Å². The third-order valence-electron chi connectivity index (χ3n) is 4.91. The number of rotatable bonds is 8. The van der Waals surface area contributed by atoms with Crippen molar-refractivity contribution in [2.24, 2.45) is 0 Å². The molecule has 0 fully saturated rings. The number of amides is 1. The Morgan fingerprint density at radius 1 is 1.18 bits per heavy atom. The summed E-state index contributed by atoms with van der Waals surface area (Å²) < 4.78 is 6.83. The fourth-order valence-electron chi connectivity index (χ4n) is 3.34. The molecule has 0 bridgehead atoms. The van der Waals surface area contributed by atoms with E-state index in [1.807, 2.05) is 6.07 Å². The van der Waals surface area contributed by atoms with Crippen LogP contribution in [0, 0.1) is 11.3 Å². The van der Waals surface area contributed by atoms with Gasteiger partial charge >= 0.3 is 0 Å². The molecule has 0 aliphatic rings. The molecule has 0 radical (unpaired) electrons. The van der Waals surface area contributed by atoms with Crippen LogP contribution in [0.5, 0.6) is 0 Å². The number of hydrogen-bond donors (Lipinski definition) is 0. The Morgan fingerprint density at radius 2 is 2.03 bits per heavy atom. The van der Waals surface area contributed by atoms with Crippen LogP contribution in [-0.2, 0) is 11.3 Å². The largest absolute Gasteiger partial charge is 0.467 e.